The first-order chi connectivity index (χ1) is 19.2. The number of carbonyl (C=O) groups excluding carboxylic acids is 3. The zero-order valence-electron chi connectivity index (χ0n) is 22.9. The molecule has 40 heavy (non-hydrogen) atoms. The van der Waals surface area contributed by atoms with Crippen LogP contribution in [0, 0.1) is 6.92 Å². The van der Waals surface area contributed by atoms with Crippen molar-refractivity contribution in [1.82, 2.24) is 9.69 Å². The van der Waals surface area contributed by atoms with Gasteiger partial charge in [-0.05, 0) is 73.6 Å². The van der Waals surface area contributed by atoms with Crippen LogP contribution in [0.25, 0.3) is 0 Å². The minimum absolute atomic E-state index is 0.00115. The second-order valence-corrected chi connectivity index (χ2v) is 10.5. The molecule has 0 unspecified atom stereocenters. The minimum atomic E-state index is -1.10. The number of rotatable bonds is 10. The van der Waals surface area contributed by atoms with Crippen LogP contribution in [0.1, 0.15) is 76.4 Å². The second kappa shape index (κ2) is 12.8. The third-order valence-corrected chi connectivity index (χ3v) is 7.78. The van der Waals surface area contributed by atoms with Gasteiger partial charge in [-0.3, -0.25) is 19.3 Å². The number of nitrogen functional groups attached to an aromatic ring is 1. The maximum Gasteiger partial charge on any atom is 0.273 e. The van der Waals surface area contributed by atoms with Gasteiger partial charge in [0.1, 0.15) is 22.4 Å². The summed E-state index contributed by atoms with van der Waals surface area (Å²) < 4.78 is 15.3. The Hall–Kier alpha value is -4.12. The van der Waals surface area contributed by atoms with Crippen molar-refractivity contribution in [1.29, 1.82) is 0 Å². The highest BCUT2D eigenvalue weighted by Gasteiger charge is 2.38. The third-order valence-electron chi connectivity index (χ3n) is 6.93. The Balaban J connectivity index is 1.89. The van der Waals surface area contributed by atoms with Gasteiger partial charge in [0.05, 0.1) is 25.1 Å². The Morgan fingerprint density at radius 1 is 1.12 bits per heavy atom. The third kappa shape index (κ3) is 6.20. The highest BCUT2D eigenvalue weighted by Crippen LogP contribution is 2.39. The molecule has 1 aliphatic carbocycles. The molecule has 0 spiro atoms. The van der Waals surface area contributed by atoms with Crippen molar-refractivity contribution < 1.29 is 23.9 Å². The van der Waals surface area contributed by atoms with E-state index in [1.54, 1.807) is 36.4 Å². The minimum Gasteiger partial charge on any atom is -0.495 e. The van der Waals surface area contributed by atoms with E-state index in [-0.39, 0.29) is 28.2 Å². The van der Waals surface area contributed by atoms with Crippen molar-refractivity contribution in [3.05, 3.63) is 64.2 Å². The van der Waals surface area contributed by atoms with Crippen molar-refractivity contribution in [2.45, 2.75) is 58.0 Å². The van der Waals surface area contributed by atoms with E-state index in [1.807, 2.05) is 19.9 Å². The van der Waals surface area contributed by atoms with Crippen LogP contribution in [-0.2, 0) is 4.79 Å². The van der Waals surface area contributed by atoms with E-state index in [2.05, 4.69) is 9.69 Å². The predicted molar refractivity (Wildman–Crippen MR) is 155 cm³/mol. The van der Waals surface area contributed by atoms with Gasteiger partial charge in [0, 0.05) is 6.04 Å². The van der Waals surface area contributed by atoms with Gasteiger partial charge in [-0.25, -0.2) is 0 Å². The first-order valence-electron chi connectivity index (χ1n) is 13.3. The molecule has 0 bridgehead atoms. The Morgan fingerprint density at radius 2 is 1.82 bits per heavy atom. The first-order valence-corrected chi connectivity index (χ1v) is 14.1. The lowest BCUT2D eigenvalue weighted by Crippen LogP contribution is -2.47. The molecular formula is C29H35N5O5S. The van der Waals surface area contributed by atoms with Gasteiger partial charge in [-0.2, -0.15) is 4.37 Å². The molecule has 5 N–H and O–H groups in total. The Morgan fingerprint density at radius 3 is 2.42 bits per heavy atom. The molecule has 0 saturated heterocycles. The number of nitrogens with one attached hydrogen (secondary N) is 1. The highest BCUT2D eigenvalue weighted by molar-refractivity contribution is 7.09. The fourth-order valence-corrected chi connectivity index (χ4v) is 5.69. The lowest BCUT2D eigenvalue weighted by Gasteiger charge is -2.34. The Bertz CT molecular complexity index is 1370. The Labute approximate surface area is 237 Å². The molecule has 1 atom stereocenters. The highest BCUT2D eigenvalue weighted by atomic mass is 32.1. The molecule has 2 aromatic carbocycles. The molecule has 212 valence electrons. The van der Waals surface area contributed by atoms with Crippen LogP contribution in [0.15, 0.2) is 42.5 Å². The SMILES string of the molecule is CCOc1ccc([C@H](C(=O)NC2CCCCC2)N(C(=O)c2snc(C(N)=O)c2N)c2cc(C)ccc2OC)cc1. The maximum absolute atomic E-state index is 14.4. The number of nitrogens with two attached hydrogens (primary N) is 2. The summed E-state index contributed by atoms with van der Waals surface area (Å²) in [4.78, 5) is 41.8. The normalized spacial score (nSPS) is 14.3. The van der Waals surface area contributed by atoms with E-state index in [0.29, 0.717) is 29.4 Å². The van der Waals surface area contributed by atoms with Crippen molar-refractivity contribution >= 4 is 40.6 Å². The lowest BCUT2D eigenvalue weighted by atomic mass is 9.94. The molecule has 1 aliphatic rings. The number of aryl methyl sites for hydroxylation is 1. The fourth-order valence-electron chi connectivity index (χ4n) is 4.95. The van der Waals surface area contributed by atoms with Crippen molar-refractivity contribution in [2.24, 2.45) is 5.73 Å². The van der Waals surface area contributed by atoms with Crippen LogP contribution in [0.4, 0.5) is 11.4 Å². The van der Waals surface area contributed by atoms with Crippen LogP contribution in [0.5, 0.6) is 11.5 Å². The van der Waals surface area contributed by atoms with Crippen molar-refractivity contribution in [2.75, 3.05) is 24.4 Å². The predicted octanol–water partition coefficient (Wildman–Crippen LogP) is 4.38. The largest absolute Gasteiger partial charge is 0.495 e. The molecule has 10 nitrogen and oxygen atoms in total. The second-order valence-electron chi connectivity index (χ2n) is 9.74. The van der Waals surface area contributed by atoms with Gasteiger partial charge in [-0.1, -0.05) is 37.5 Å². The van der Waals surface area contributed by atoms with Gasteiger partial charge >= 0.3 is 0 Å². The average molecular weight is 566 g/mol. The number of carbonyl (C=O) groups is 3. The summed E-state index contributed by atoms with van der Waals surface area (Å²) in [6, 6.07) is 11.3. The molecule has 0 radical (unpaired) electrons. The fraction of sp³-hybridized carbons (Fsp3) is 0.379. The van der Waals surface area contributed by atoms with Crippen LogP contribution in [0.2, 0.25) is 0 Å². The molecule has 4 rings (SSSR count). The Kier molecular flexibility index (Phi) is 9.26. The molecule has 1 fully saturated rings. The molecule has 3 amide bonds. The number of primary amides is 1. The molecule has 1 heterocycles. The first kappa shape index (κ1) is 28.9. The summed E-state index contributed by atoms with van der Waals surface area (Å²) in [5.41, 5.74) is 13.1. The van der Waals surface area contributed by atoms with Crippen LogP contribution >= 0.6 is 11.5 Å². The summed E-state index contributed by atoms with van der Waals surface area (Å²) in [6.45, 7) is 4.26. The van der Waals surface area contributed by atoms with Gasteiger partial charge in [0.15, 0.2) is 5.69 Å². The average Bonchev–Trinajstić information content (AvgIpc) is 3.34. The van der Waals surface area contributed by atoms with Gasteiger partial charge in [0.25, 0.3) is 11.8 Å². The molecule has 11 heteroatoms. The summed E-state index contributed by atoms with van der Waals surface area (Å²) in [6.07, 6.45) is 4.92. The standard InChI is InChI=1S/C29H35N5O5S/c1-4-39-20-13-11-18(12-14-20)25(28(36)32-19-8-6-5-7-9-19)34(21-16-17(2)10-15-22(21)38-3)29(37)26-23(30)24(27(31)35)33-40-26/h10-16,19,25H,4-9,30H2,1-3H3,(H2,31,35)(H,32,36)/t25-/m1/s1. The van der Waals surface area contributed by atoms with Crippen LogP contribution in [-0.4, -0.2) is 41.9 Å². The number of aromatic nitrogens is 1. The number of anilines is 2. The molecule has 1 aromatic heterocycles. The number of benzene rings is 2. The summed E-state index contributed by atoms with van der Waals surface area (Å²) >= 11 is 0.763. The topological polar surface area (TPSA) is 150 Å². The van der Waals surface area contributed by atoms with E-state index in [4.69, 9.17) is 20.9 Å². The van der Waals surface area contributed by atoms with E-state index < -0.39 is 17.9 Å². The van der Waals surface area contributed by atoms with Crippen LogP contribution in [0.3, 0.4) is 0 Å². The lowest BCUT2D eigenvalue weighted by molar-refractivity contribution is -0.123. The maximum atomic E-state index is 14.4. The van der Waals surface area contributed by atoms with E-state index in [9.17, 15) is 14.4 Å². The van der Waals surface area contributed by atoms with E-state index in [1.165, 1.54) is 12.0 Å². The summed E-state index contributed by atoms with van der Waals surface area (Å²) in [5.74, 6) is -0.763. The number of hydrogen-bond donors (Lipinski definition) is 3. The molecular weight excluding hydrogens is 530 g/mol. The summed E-state index contributed by atoms with van der Waals surface area (Å²) in [7, 11) is 1.50. The number of hydrogen-bond acceptors (Lipinski definition) is 8. The van der Waals surface area contributed by atoms with Crippen molar-refractivity contribution in [3.63, 3.8) is 0 Å². The zero-order valence-corrected chi connectivity index (χ0v) is 23.8. The molecule has 0 aliphatic heterocycles. The molecule has 1 saturated carbocycles. The van der Waals surface area contributed by atoms with Crippen molar-refractivity contribution in [3.8, 4) is 11.5 Å². The van der Waals surface area contributed by atoms with Crippen LogP contribution < -0.4 is 31.2 Å². The summed E-state index contributed by atoms with van der Waals surface area (Å²) in [5, 5.41) is 3.18. The molecule has 3 aromatic rings. The number of amides is 3. The number of nitrogens with zero attached hydrogens (tertiary/aromatic N) is 2. The van der Waals surface area contributed by atoms with E-state index >= 15 is 0 Å². The van der Waals surface area contributed by atoms with E-state index in [0.717, 1.165) is 49.2 Å². The van der Waals surface area contributed by atoms with Gasteiger partial charge in [-0.15, -0.1) is 0 Å². The van der Waals surface area contributed by atoms with Gasteiger partial charge < -0.3 is 26.3 Å². The monoisotopic (exact) mass is 565 g/mol. The quantitative estimate of drug-likeness (QED) is 0.330. The zero-order chi connectivity index (χ0) is 28.8. The number of methoxy groups -OCH3 is 1. The smallest absolute Gasteiger partial charge is 0.273 e. The van der Waals surface area contributed by atoms with Gasteiger partial charge in [0.2, 0.25) is 5.91 Å². The number of ether oxygens (including phenoxy) is 2.